The van der Waals surface area contributed by atoms with Crippen molar-refractivity contribution in [2.75, 3.05) is 0 Å². The van der Waals surface area contributed by atoms with Crippen LogP contribution >= 0.6 is 0 Å². The van der Waals surface area contributed by atoms with Crippen LogP contribution in [0.5, 0.6) is 0 Å². The normalized spacial score (nSPS) is 14.1. The van der Waals surface area contributed by atoms with Crippen molar-refractivity contribution < 1.29 is 0 Å². The van der Waals surface area contributed by atoms with Gasteiger partial charge in [0.2, 0.25) is 0 Å². The van der Waals surface area contributed by atoms with E-state index >= 15 is 0 Å². The van der Waals surface area contributed by atoms with E-state index in [1.165, 1.54) is 36.0 Å². The van der Waals surface area contributed by atoms with Crippen LogP contribution in [0.15, 0.2) is 24.4 Å². The monoisotopic (exact) mass is 213 g/mol. The van der Waals surface area contributed by atoms with E-state index in [-0.39, 0.29) is 0 Å². The van der Waals surface area contributed by atoms with Crippen LogP contribution in [0.25, 0.3) is 11.3 Å². The van der Waals surface area contributed by atoms with E-state index in [9.17, 15) is 0 Å². The van der Waals surface area contributed by atoms with Gasteiger partial charge in [0.15, 0.2) is 0 Å². The van der Waals surface area contributed by atoms with E-state index in [1.54, 1.807) is 0 Å². The van der Waals surface area contributed by atoms with Gasteiger partial charge < -0.3 is 10.7 Å². The van der Waals surface area contributed by atoms with Gasteiger partial charge in [-0.05, 0) is 42.0 Å². The van der Waals surface area contributed by atoms with Gasteiger partial charge in [-0.25, -0.2) is 4.98 Å². The van der Waals surface area contributed by atoms with Crippen LogP contribution in [0.4, 0.5) is 0 Å². The molecule has 1 aromatic heterocycles. The molecule has 0 saturated heterocycles. The highest BCUT2D eigenvalue weighted by Gasteiger charge is 2.12. The molecule has 3 nitrogen and oxygen atoms in total. The predicted molar refractivity (Wildman–Crippen MR) is 63.9 cm³/mol. The van der Waals surface area contributed by atoms with Gasteiger partial charge in [0.05, 0.1) is 18.4 Å². The van der Waals surface area contributed by atoms with E-state index in [0.717, 1.165) is 11.5 Å². The molecule has 3 rings (SSSR count). The van der Waals surface area contributed by atoms with Gasteiger partial charge in [0.25, 0.3) is 0 Å². The minimum Gasteiger partial charge on any atom is -0.341 e. The number of rotatable bonds is 2. The second-order valence-corrected chi connectivity index (χ2v) is 4.28. The lowest BCUT2D eigenvalue weighted by Gasteiger charge is -2.02. The number of nitrogens with zero attached hydrogens (tertiary/aromatic N) is 1. The number of nitrogens with one attached hydrogen (secondary N) is 1. The SMILES string of the molecule is NCc1ncc(-c2ccc3c(c2)CCC3)[nH]1. The first-order valence-electron chi connectivity index (χ1n) is 5.73. The van der Waals surface area contributed by atoms with Crippen molar-refractivity contribution in [3.8, 4) is 11.3 Å². The van der Waals surface area contributed by atoms with Crippen LogP contribution in [0.1, 0.15) is 23.4 Å². The Kier molecular flexibility index (Phi) is 2.26. The minimum absolute atomic E-state index is 0.463. The molecule has 82 valence electrons. The van der Waals surface area contributed by atoms with Crippen molar-refractivity contribution in [1.29, 1.82) is 0 Å². The largest absolute Gasteiger partial charge is 0.341 e. The number of aromatic nitrogens is 2. The van der Waals surface area contributed by atoms with Gasteiger partial charge in [-0.1, -0.05) is 12.1 Å². The predicted octanol–water partition coefficient (Wildman–Crippen LogP) is 2.02. The summed E-state index contributed by atoms with van der Waals surface area (Å²) in [5.74, 6) is 0.843. The first-order valence-corrected chi connectivity index (χ1v) is 5.73. The van der Waals surface area contributed by atoms with Crippen molar-refractivity contribution in [2.45, 2.75) is 25.8 Å². The molecule has 2 aromatic rings. The molecule has 0 unspecified atom stereocenters. The number of fused-ring (bicyclic) bond motifs is 1. The van der Waals surface area contributed by atoms with Gasteiger partial charge in [-0.2, -0.15) is 0 Å². The fourth-order valence-electron chi connectivity index (χ4n) is 2.35. The number of nitrogens with two attached hydrogens (primary N) is 1. The quantitative estimate of drug-likeness (QED) is 0.802. The van der Waals surface area contributed by atoms with Crippen molar-refractivity contribution in [3.63, 3.8) is 0 Å². The lowest BCUT2D eigenvalue weighted by molar-refractivity contribution is 0.912. The van der Waals surface area contributed by atoms with E-state index in [1.807, 2.05) is 6.20 Å². The zero-order valence-corrected chi connectivity index (χ0v) is 9.16. The molecular formula is C13H15N3. The molecule has 0 spiro atoms. The van der Waals surface area contributed by atoms with Gasteiger partial charge in [-0.3, -0.25) is 0 Å². The summed E-state index contributed by atoms with van der Waals surface area (Å²) in [6.45, 7) is 0.463. The molecule has 0 bridgehead atoms. The number of hydrogen-bond donors (Lipinski definition) is 2. The molecule has 0 aliphatic heterocycles. The first kappa shape index (κ1) is 9.60. The number of H-pyrrole nitrogens is 1. The van der Waals surface area contributed by atoms with E-state index in [2.05, 4.69) is 28.2 Å². The number of imidazole rings is 1. The van der Waals surface area contributed by atoms with E-state index < -0.39 is 0 Å². The summed E-state index contributed by atoms with van der Waals surface area (Å²) in [5.41, 5.74) is 10.8. The average Bonchev–Trinajstić information content (AvgIpc) is 2.96. The highest BCUT2D eigenvalue weighted by molar-refractivity contribution is 5.61. The maximum atomic E-state index is 5.54. The lowest BCUT2D eigenvalue weighted by atomic mass is 10.1. The number of aryl methyl sites for hydroxylation is 2. The molecule has 16 heavy (non-hydrogen) atoms. The summed E-state index contributed by atoms with van der Waals surface area (Å²) < 4.78 is 0. The van der Waals surface area contributed by atoms with Crippen molar-refractivity contribution in [3.05, 3.63) is 41.3 Å². The first-order chi connectivity index (χ1) is 7.86. The minimum atomic E-state index is 0.463. The van der Waals surface area contributed by atoms with Crippen LogP contribution < -0.4 is 5.73 Å². The molecule has 1 heterocycles. The summed E-state index contributed by atoms with van der Waals surface area (Å²) in [6, 6.07) is 6.68. The average molecular weight is 213 g/mol. The van der Waals surface area contributed by atoms with Crippen LogP contribution in [0.3, 0.4) is 0 Å². The van der Waals surface area contributed by atoms with Gasteiger partial charge in [0.1, 0.15) is 5.82 Å². The maximum absolute atomic E-state index is 5.54. The van der Waals surface area contributed by atoms with E-state index in [4.69, 9.17) is 5.73 Å². The third-order valence-electron chi connectivity index (χ3n) is 3.23. The maximum Gasteiger partial charge on any atom is 0.120 e. The van der Waals surface area contributed by atoms with Crippen LogP contribution in [-0.4, -0.2) is 9.97 Å². The second-order valence-electron chi connectivity index (χ2n) is 4.28. The van der Waals surface area contributed by atoms with Crippen molar-refractivity contribution >= 4 is 0 Å². The van der Waals surface area contributed by atoms with Gasteiger partial charge in [-0.15, -0.1) is 0 Å². The van der Waals surface area contributed by atoms with Crippen molar-refractivity contribution in [1.82, 2.24) is 9.97 Å². The molecule has 1 aromatic carbocycles. The summed E-state index contributed by atoms with van der Waals surface area (Å²) in [4.78, 5) is 7.46. The summed E-state index contributed by atoms with van der Waals surface area (Å²) in [7, 11) is 0. The van der Waals surface area contributed by atoms with Gasteiger partial charge >= 0.3 is 0 Å². The fourth-order valence-corrected chi connectivity index (χ4v) is 2.35. The molecule has 0 saturated carbocycles. The molecule has 3 N–H and O–H groups in total. The van der Waals surface area contributed by atoms with Crippen LogP contribution in [-0.2, 0) is 19.4 Å². The highest BCUT2D eigenvalue weighted by atomic mass is 14.9. The Bertz CT molecular complexity index is 514. The molecule has 0 amide bonds. The van der Waals surface area contributed by atoms with Crippen molar-refractivity contribution in [2.24, 2.45) is 5.73 Å². The second kappa shape index (κ2) is 3.76. The standard InChI is InChI=1S/C13H15N3/c14-7-13-15-8-12(16-13)11-5-4-9-2-1-3-10(9)6-11/h4-6,8H,1-3,7,14H2,(H,15,16). The molecule has 0 atom stereocenters. The Morgan fingerprint density at radius 3 is 2.94 bits per heavy atom. The molecule has 0 radical (unpaired) electrons. The van der Waals surface area contributed by atoms with Gasteiger partial charge in [0, 0.05) is 0 Å². The fraction of sp³-hybridized carbons (Fsp3) is 0.308. The summed E-state index contributed by atoms with van der Waals surface area (Å²) >= 11 is 0. The molecule has 1 aliphatic carbocycles. The summed E-state index contributed by atoms with van der Waals surface area (Å²) in [5, 5.41) is 0. The van der Waals surface area contributed by atoms with Crippen LogP contribution in [0.2, 0.25) is 0 Å². The third kappa shape index (κ3) is 1.53. The molecule has 1 aliphatic rings. The molecular weight excluding hydrogens is 198 g/mol. The topological polar surface area (TPSA) is 54.7 Å². The number of hydrogen-bond acceptors (Lipinski definition) is 2. The Labute approximate surface area is 94.7 Å². The third-order valence-corrected chi connectivity index (χ3v) is 3.23. The van der Waals surface area contributed by atoms with E-state index in [0.29, 0.717) is 6.54 Å². The zero-order valence-electron chi connectivity index (χ0n) is 9.16. The number of benzene rings is 1. The lowest BCUT2D eigenvalue weighted by Crippen LogP contribution is -1.97. The molecule has 3 heteroatoms. The Morgan fingerprint density at radius 2 is 2.12 bits per heavy atom. The molecule has 0 fully saturated rings. The summed E-state index contributed by atoms with van der Waals surface area (Å²) in [6.07, 6.45) is 5.59. The Hall–Kier alpha value is -1.61. The Balaban J connectivity index is 2.00. The van der Waals surface area contributed by atoms with Crippen LogP contribution in [0, 0.1) is 0 Å². The zero-order chi connectivity index (χ0) is 11.0. The highest BCUT2D eigenvalue weighted by Crippen LogP contribution is 2.27. The Morgan fingerprint density at radius 1 is 1.25 bits per heavy atom. The number of aromatic amines is 1. The smallest absolute Gasteiger partial charge is 0.120 e.